The third kappa shape index (κ3) is 2.31. The summed E-state index contributed by atoms with van der Waals surface area (Å²) in [5.41, 5.74) is -0.159. The minimum atomic E-state index is -0.173. The minimum Gasteiger partial charge on any atom is -0.393 e. The largest absolute Gasteiger partial charge is 0.393 e. The Morgan fingerprint density at radius 1 is 1.38 bits per heavy atom. The van der Waals surface area contributed by atoms with Gasteiger partial charge in [0.2, 0.25) is 0 Å². The van der Waals surface area contributed by atoms with Crippen molar-refractivity contribution in [1.29, 1.82) is 0 Å². The van der Waals surface area contributed by atoms with E-state index in [0.29, 0.717) is 5.78 Å². The first-order valence-corrected chi connectivity index (χ1v) is 5.18. The molecule has 0 aromatic rings. The third-order valence-corrected chi connectivity index (χ3v) is 3.18. The summed E-state index contributed by atoms with van der Waals surface area (Å²) < 4.78 is 0. The Labute approximate surface area is 80.3 Å². The van der Waals surface area contributed by atoms with Gasteiger partial charge in [-0.25, -0.2) is 0 Å². The number of aliphatic hydroxyl groups excluding tert-OH is 1. The molecule has 0 saturated heterocycles. The van der Waals surface area contributed by atoms with E-state index in [9.17, 15) is 9.90 Å². The van der Waals surface area contributed by atoms with Crippen LogP contribution >= 0.6 is 0 Å². The number of hydrogen-bond donors (Lipinski definition) is 1. The molecule has 0 aromatic carbocycles. The van der Waals surface area contributed by atoms with E-state index in [-0.39, 0.29) is 17.4 Å². The van der Waals surface area contributed by atoms with E-state index in [2.05, 4.69) is 0 Å². The summed E-state index contributed by atoms with van der Waals surface area (Å²) in [6.45, 7) is 5.96. The van der Waals surface area contributed by atoms with E-state index in [1.807, 2.05) is 20.8 Å². The van der Waals surface area contributed by atoms with E-state index in [0.717, 1.165) is 25.7 Å². The normalized spacial score (nSPS) is 35.0. The molecule has 13 heavy (non-hydrogen) atoms. The molecule has 0 aromatic heterocycles. The molecule has 0 amide bonds. The fraction of sp³-hybridized carbons (Fsp3) is 0.909. The topological polar surface area (TPSA) is 37.3 Å². The molecule has 1 fully saturated rings. The first-order valence-electron chi connectivity index (χ1n) is 5.18. The monoisotopic (exact) mass is 184 g/mol. The van der Waals surface area contributed by atoms with Crippen molar-refractivity contribution in [2.75, 3.05) is 0 Å². The number of aliphatic hydroxyl groups is 1. The highest BCUT2D eigenvalue weighted by Gasteiger charge is 2.37. The highest BCUT2D eigenvalue weighted by molar-refractivity contribution is 5.86. The Balaban J connectivity index is 2.61. The standard InChI is InChI=1S/C11H20O2/c1-8(2)10(13)11(3)6-4-9(12)5-7-11/h8-9,12H,4-7H2,1-3H3. The Kier molecular flexibility index (Phi) is 3.12. The molecule has 0 bridgehead atoms. The van der Waals surface area contributed by atoms with Crippen LogP contribution in [0, 0.1) is 11.3 Å². The van der Waals surface area contributed by atoms with E-state index in [4.69, 9.17) is 0 Å². The fourth-order valence-corrected chi connectivity index (χ4v) is 2.18. The predicted molar refractivity (Wildman–Crippen MR) is 52.4 cm³/mol. The molecule has 0 atom stereocenters. The highest BCUT2D eigenvalue weighted by Crippen LogP contribution is 2.38. The molecule has 1 rings (SSSR count). The van der Waals surface area contributed by atoms with Gasteiger partial charge in [-0.2, -0.15) is 0 Å². The van der Waals surface area contributed by atoms with Gasteiger partial charge in [-0.3, -0.25) is 4.79 Å². The summed E-state index contributed by atoms with van der Waals surface area (Å²) in [5, 5.41) is 9.35. The fourth-order valence-electron chi connectivity index (χ4n) is 2.18. The SMILES string of the molecule is CC(C)C(=O)C1(C)CCC(O)CC1. The molecule has 1 N–H and O–H groups in total. The first-order chi connectivity index (χ1) is 5.96. The second kappa shape index (κ2) is 3.79. The first kappa shape index (κ1) is 10.7. The van der Waals surface area contributed by atoms with Crippen molar-refractivity contribution < 1.29 is 9.90 Å². The lowest BCUT2D eigenvalue weighted by molar-refractivity contribution is -0.133. The van der Waals surface area contributed by atoms with Gasteiger partial charge in [0.1, 0.15) is 5.78 Å². The molecule has 0 spiro atoms. The average Bonchev–Trinajstić information content (AvgIpc) is 2.09. The van der Waals surface area contributed by atoms with Crippen molar-refractivity contribution in [1.82, 2.24) is 0 Å². The maximum atomic E-state index is 11.8. The quantitative estimate of drug-likeness (QED) is 0.714. The highest BCUT2D eigenvalue weighted by atomic mass is 16.3. The van der Waals surface area contributed by atoms with Crippen LogP contribution in [0.2, 0.25) is 0 Å². The second-order valence-corrected chi connectivity index (χ2v) is 4.81. The smallest absolute Gasteiger partial charge is 0.141 e. The summed E-state index contributed by atoms with van der Waals surface area (Å²) >= 11 is 0. The summed E-state index contributed by atoms with van der Waals surface area (Å²) in [6, 6.07) is 0. The molecule has 76 valence electrons. The van der Waals surface area contributed by atoms with Gasteiger partial charge < -0.3 is 5.11 Å². The van der Waals surface area contributed by atoms with Crippen molar-refractivity contribution in [2.45, 2.75) is 52.6 Å². The average molecular weight is 184 g/mol. The molecule has 0 unspecified atom stereocenters. The maximum Gasteiger partial charge on any atom is 0.141 e. The zero-order valence-corrected chi connectivity index (χ0v) is 8.84. The Hall–Kier alpha value is -0.370. The van der Waals surface area contributed by atoms with Crippen LogP contribution in [-0.2, 0) is 4.79 Å². The Morgan fingerprint density at radius 3 is 2.23 bits per heavy atom. The predicted octanol–water partition coefficient (Wildman–Crippen LogP) is 2.15. The number of rotatable bonds is 2. The summed E-state index contributed by atoms with van der Waals surface area (Å²) in [6.07, 6.45) is 3.10. The van der Waals surface area contributed by atoms with Crippen LogP contribution in [0.5, 0.6) is 0 Å². The third-order valence-electron chi connectivity index (χ3n) is 3.18. The van der Waals surface area contributed by atoms with Gasteiger partial charge in [0, 0.05) is 11.3 Å². The van der Waals surface area contributed by atoms with Crippen LogP contribution in [0.3, 0.4) is 0 Å². The zero-order valence-electron chi connectivity index (χ0n) is 8.84. The Morgan fingerprint density at radius 2 is 1.85 bits per heavy atom. The van der Waals surface area contributed by atoms with Crippen LogP contribution in [0.4, 0.5) is 0 Å². The molecule has 1 saturated carbocycles. The van der Waals surface area contributed by atoms with Crippen LogP contribution in [-0.4, -0.2) is 17.0 Å². The molecule has 1 aliphatic carbocycles. The zero-order chi connectivity index (χ0) is 10.1. The minimum absolute atomic E-state index is 0.125. The van der Waals surface area contributed by atoms with E-state index < -0.39 is 0 Å². The number of ketones is 1. The van der Waals surface area contributed by atoms with Crippen molar-refractivity contribution in [3.8, 4) is 0 Å². The lowest BCUT2D eigenvalue weighted by Gasteiger charge is -2.35. The van der Waals surface area contributed by atoms with Gasteiger partial charge in [0.05, 0.1) is 6.10 Å². The maximum absolute atomic E-state index is 11.8. The van der Waals surface area contributed by atoms with Crippen molar-refractivity contribution in [2.24, 2.45) is 11.3 Å². The van der Waals surface area contributed by atoms with Gasteiger partial charge in [0.15, 0.2) is 0 Å². The van der Waals surface area contributed by atoms with Gasteiger partial charge in [-0.15, -0.1) is 0 Å². The van der Waals surface area contributed by atoms with E-state index >= 15 is 0 Å². The van der Waals surface area contributed by atoms with Gasteiger partial charge in [-0.05, 0) is 25.7 Å². The molecule has 0 heterocycles. The number of carbonyl (C=O) groups excluding carboxylic acids is 1. The van der Waals surface area contributed by atoms with Crippen LogP contribution in [0.15, 0.2) is 0 Å². The number of hydrogen-bond acceptors (Lipinski definition) is 2. The molecule has 1 aliphatic rings. The van der Waals surface area contributed by atoms with Gasteiger partial charge in [0.25, 0.3) is 0 Å². The molecular weight excluding hydrogens is 164 g/mol. The summed E-state index contributed by atoms with van der Waals surface area (Å²) in [7, 11) is 0. The molecular formula is C11H20O2. The molecule has 0 aliphatic heterocycles. The van der Waals surface area contributed by atoms with Crippen LogP contribution in [0.1, 0.15) is 46.5 Å². The molecule has 2 heteroatoms. The van der Waals surface area contributed by atoms with Crippen molar-refractivity contribution >= 4 is 5.78 Å². The lowest BCUT2D eigenvalue weighted by Crippen LogP contribution is -2.36. The van der Waals surface area contributed by atoms with E-state index in [1.54, 1.807) is 0 Å². The van der Waals surface area contributed by atoms with E-state index in [1.165, 1.54) is 0 Å². The van der Waals surface area contributed by atoms with Crippen molar-refractivity contribution in [3.63, 3.8) is 0 Å². The Bertz CT molecular complexity index is 188. The second-order valence-electron chi connectivity index (χ2n) is 4.81. The summed E-state index contributed by atoms with van der Waals surface area (Å²) in [5.74, 6) is 0.486. The number of Topliss-reactive ketones (excluding diaryl/α,β-unsaturated/α-hetero) is 1. The van der Waals surface area contributed by atoms with Crippen molar-refractivity contribution in [3.05, 3.63) is 0 Å². The van der Waals surface area contributed by atoms with Gasteiger partial charge >= 0.3 is 0 Å². The van der Waals surface area contributed by atoms with Gasteiger partial charge in [-0.1, -0.05) is 20.8 Å². The molecule has 2 nitrogen and oxygen atoms in total. The summed E-state index contributed by atoms with van der Waals surface area (Å²) in [4.78, 5) is 11.8. The van der Waals surface area contributed by atoms with Crippen LogP contribution in [0.25, 0.3) is 0 Å². The number of carbonyl (C=O) groups is 1. The van der Waals surface area contributed by atoms with Crippen LogP contribution < -0.4 is 0 Å². The molecule has 0 radical (unpaired) electrons. The lowest BCUT2D eigenvalue weighted by atomic mass is 9.69.